The van der Waals surface area contributed by atoms with Gasteiger partial charge in [-0.1, -0.05) is 26.7 Å². The van der Waals surface area contributed by atoms with Crippen LogP contribution in [0.5, 0.6) is 0 Å². The third-order valence-electron chi connectivity index (χ3n) is 2.61. The Morgan fingerprint density at radius 3 is 2.20 bits per heavy atom. The van der Waals surface area contributed by atoms with Crippen LogP contribution in [0.2, 0.25) is 0 Å². The Balaban J connectivity index is 3.68. The van der Waals surface area contributed by atoms with E-state index >= 15 is 0 Å². The lowest BCUT2D eigenvalue weighted by atomic mass is 9.94. The molecule has 0 rings (SSSR count). The van der Waals surface area contributed by atoms with E-state index in [1.165, 1.54) is 0 Å². The minimum absolute atomic E-state index is 0.133. The van der Waals surface area contributed by atoms with Gasteiger partial charge in [-0.25, -0.2) is 0 Å². The number of hydrogen-bond donors (Lipinski definition) is 2. The lowest BCUT2D eigenvalue weighted by Gasteiger charge is -2.11. The van der Waals surface area contributed by atoms with Crippen LogP contribution >= 0.6 is 0 Å². The maximum absolute atomic E-state index is 10.7. The van der Waals surface area contributed by atoms with Gasteiger partial charge in [-0.3, -0.25) is 9.59 Å². The molecule has 88 valence electrons. The summed E-state index contributed by atoms with van der Waals surface area (Å²) in [6, 6.07) is 0. The summed E-state index contributed by atoms with van der Waals surface area (Å²) in [6.07, 6.45) is 3.04. The Morgan fingerprint density at radius 1 is 1.20 bits per heavy atom. The molecule has 0 saturated carbocycles. The van der Waals surface area contributed by atoms with Gasteiger partial charge in [0.25, 0.3) is 0 Å². The number of carboxylic acid groups (broad SMARTS) is 2. The zero-order chi connectivity index (χ0) is 11.8. The summed E-state index contributed by atoms with van der Waals surface area (Å²) >= 11 is 0. The van der Waals surface area contributed by atoms with Gasteiger partial charge >= 0.3 is 11.9 Å². The van der Waals surface area contributed by atoms with E-state index in [4.69, 9.17) is 10.2 Å². The van der Waals surface area contributed by atoms with Crippen molar-refractivity contribution in [1.82, 2.24) is 0 Å². The van der Waals surface area contributed by atoms with Crippen molar-refractivity contribution < 1.29 is 19.8 Å². The first-order chi connectivity index (χ1) is 6.97. The lowest BCUT2D eigenvalue weighted by Crippen LogP contribution is -2.13. The molecule has 0 aromatic carbocycles. The standard InChI is InChI=1S/C11H20O4/c1-3-9(11(14)15)6-4-5-8(2)7-10(12)13/h8-9H,3-7H2,1-2H3,(H,12,13)(H,14,15). The van der Waals surface area contributed by atoms with E-state index in [2.05, 4.69) is 0 Å². The van der Waals surface area contributed by atoms with Crippen molar-refractivity contribution in [3.05, 3.63) is 0 Å². The Bertz CT molecular complexity index is 213. The van der Waals surface area contributed by atoms with Crippen LogP contribution in [0.3, 0.4) is 0 Å². The highest BCUT2D eigenvalue weighted by atomic mass is 16.4. The molecular weight excluding hydrogens is 196 g/mol. The second-order valence-corrected chi connectivity index (χ2v) is 4.08. The van der Waals surface area contributed by atoms with Crippen molar-refractivity contribution >= 4 is 11.9 Å². The molecule has 0 bridgehead atoms. The molecule has 15 heavy (non-hydrogen) atoms. The summed E-state index contributed by atoms with van der Waals surface area (Å²) < 4.78 is 0. The van der Waals surface area contributed by atoms with Gasteiger partial charge in [0, 0.05) is 6.42 Å². The van der Waals surface area contributed by atoms with Crippen molar-refractivity contribution in [3.8, 4) is 0 Å². The summed E-state index contributed by atoms with van der Waals surface area (Å²) in [5, 5.41) is 17.3. The predicted molar refractivity (Wildman–Crippen MR) is 56.7 cm³/mol. The van der Waals surface area contributed by atoms with E-state index in [0.717, 1.165) is 12.8 Å². The van der Waals surface area contributed by atoms with E-state index in [1.54, 1.807) is 0 Å². The SMILES string of the molecule is CCC(CCCC(C)CC(=O)O)C(=O)O. The second-order valence-electron chi connectivity index (χ2n) is 4.08. The molecular formula is C11H20O4. The van der Waals surface area contributed by atoms with Crippen LogP contribution in [-0.4, -0.2) is 22.2 Å². The highest BCUT2D eigenvalue weighted by Gasteiger charge is 2.15. The zero-order valence-electron chi connectivity index (χ0n) is 9.40. The van der Waals surface area contributed by atoms with Crippen molar-refractivity contribution in [2.45, 2.75) is 46.0 Å². The van der Waals surface area contributed by atoms with Gasteiger partial charge in [-0.05, 0) is 18.8 Å². The maximum Gasteiger partial charge on any atom is 0.306 e. The Hall–Kier alpha value is -1.06. The summed E-state index contributed by atoms with van der Waals surface area (Å²) in [7, 11) is 0. The van der Waals surface area contributed by atoms with Gasteiger partial charge in [0.2, 0.25) is 0 Å². The number of rotatable bonds is 8. The van der Waals surface area contributed by atoms with Crippen molar-refractivity contribution in [2.24, 2.45) is 11.8 Å². The average Bonchev–Trinajstić information content (AvgIpc) is 2.10. The van der Waals surface area contributed by atoms with Crippen LogP contribution in [-0.2, 0) is 9.59 Å². The largest absolute Gasteiger partial charge is 0.481 e. The van der Waals surface area contributed by atoms with Gasteiger partial charge in [-0.2, -0.15) is 0 Å². The van der Waals surface area contributed by atoms with Crippen LogP contribution in [0.4, 0.5) is 0 Å². The molecule has 0 aliphatic rings. The number of carbonyl (C=O) groups is 2. The van der Waals surface area contributed by atoms with Crippen molar-refractivity contribution in [3.63, 3.8) is 0 Å². The van der Waals surface area contributed by atoms with Gasteiger partial charge in [0.15, 0.2) is 0 Å². The number of aliphatic carboxylic acids is 2. The lowest BCUT2D eigenvalue weighted by molar-refractivity contribution is -0.142. The first-order valence-electron chi connectivity index (χ1n) is 5.42. The first-order valence-corrected chi connectivity index (χ1v) is 5.42. The highest BCUT2D eigenvalue weighted by molar-refractivity contribution is 5.69. The average molecular weight is 216 g/mol. The fourth-order valence-electron chi connectivity index (χ4n) is 1.62. The third-order valence-corrected chi connectivity index (χ3v) is 2.61. The van der Waals surface area contributed by atoms with E-state index < -0.39 is 11.9 Å². The molecule has 0 amide bonds. The molecule has 0 heterocycles. The van der Waals surface area contributed by atoms with Crippen LogP contribution in [0, 0.1) is 11.8 Å². The highest BCUT2D eigenvalue weighted by Crippen LogP contribution is 2.17. The van der Waals surface area contributed by atoms with Crippen LogP contribution in [0.1, 0.15) is 46.0 Å². The molecule has 2 atom stereocenters. The van der Waals surface area contributed by atoms with Gasteiger partial charge in [-0.15, -0.1) is 0 Å². The molecule has 0 aliphatic carbocycles. The molecule has 0 fully saturated rings. The fraction of sp³-hybridized carbons (Fsp3) is 0.818. The van der Waals surface area contributed by atoms with E-state index in [1.807, 2.05) is 13.8 Å². The van der Waals surface area contributed by atoms with E-state index in [0.29, 0.717) is 12.8 Å². The Morgan fingerprint density at radius 2 is 1.80 bits per heavy atom. The van der Waals surface area contributed by atoms with Crippen molar-refractivity contribution in [2.75, 3.05) is 0 Å². The monoisotopic (exact) mass is 216 g/mol. The maximum atomic E-state index is 10.7. The predicted octanol–water partition coefficient (Wildman–Crippen LogP) is 2.38. The summed E-state index contributed by atoms with van der Waals surface area (Å²) in [5.41, 5.74) is 0. The quantitative estimate of drug-likeness (QED) is 0.653. The third kappa shape index (κ3) is 6.94. The van der Waals surface area contributed by atoms with Crippen molar-refractivity contribution in [1.29, 1.82) is 0 Å². The molecule has 4 nitrogen and oxygen atoms in total. The molecule has 4 heteroatoms. The minimum atomic E-state index is -0.784. The van der Waals surface area contributed by atoms with Gasteiger partial charge in [0.05, 0.1) is 5.92 Å². The summed E-state index contributed by atoms with van der Waals surface area (Å²) in [5.74, 6) is -1.67. The smallest absolute Gasteiger partial charge is 0.306 e. The Labute approximate surface area is 90.3 Å². The number of carboxylic acids is 2. The molecule has 0 aromatic heterocycles. The zero-order valence-corrected chi connectivity index (χ0v) is 9.40. The Kier molecular flexibility index (Phi) is 6.75. The number of hydrogen-bond acceptors (Lipinski definition) is 2. The molecule has 0 aliphatic heterocycles. The molecule has 2 N–H and O–H groups in total. The van der Waals surface area contributed by atoms with Crippen LogP contribution in [0.25, 0.3) is 0 Å². The normalized spacial score (nSPS) is 14.5. The molecule has 2 unspecified atom stereocenters. The molecule has 0 saturated heterocycles. The summed E-state index contributed by atoms with van der Waals surface area (Å²) in [4.78, 5) is 21.1. The van der Waals surface area contributed by atoms with Gasteiger partial charge in [0.1, 0.15) is 0 Å². The first kappa shape index (κ1) is 13.9. The molecule has 0 radical (unpaired) electrons. The molecule has 0 spiro atoms. The minimum Gasteiger partial charge on any atom is -0.481 e. The fourth-order valence-corrected chi connectivity index (χ4v) is 1.62. The topological polar surface area (TPSA) is 74.6 Å². The molecule has 0 aromatic rings. The van der Waals surface area contributed by atoms with Crippen LogP contribution < -0.4 is 0 Å². The summed E-state index contributed by atoms with van der Waals surface area (Å²) in [6.45, 7) is 3.75. The van der Waals surface area contributed by atoms with Gasteiger partial charge < -0.3 is 10.2 Å². The van der Waals surface area contributed by atoms with E-state index in [-0.39, 0.29) is 18.3 Å². The van der Waals surface area contributed by atoms with Crippen LogP contribution in [0.15, 0.2) is 0 Å². The second kappa shape index (κ2) is 7.26. The van der Waals surface area contributed by atoms with E-state index in [9.17, 15) is 9.59 Å².